The number of carbonyl (C=O) groups is 1. The molecule has 0 spiro atoms. The van der Waals surface area contributed by atoms with Crippen LogP contribution in [0.1, 0.15) is 55.3 Å². The van der Waals surface area contributed by atoms with Gasteiger partial charge in [0.1, 0.15) is 5.82 Å². The number of rotatable bonds is 5. The largest absolute Gasteiger partial charge is 0.378 e. The lowest BCUT2D eigenvalue weighted by Crippen LogP contribution is -2.14. The highest BCUT2D eigenvalue weighted by molar-refractivity contribution is 5.96. The van der Waals surface area contributed by atoms with Gasteiger partial charge in [-0.05, 0) is 37.1 Å². The maximum absolute atomic E-state index is 12.7. The quantitative estimate of drug-likeness (QED) is 0.590. The molecule has 2 nitrogen and oxygen atoms in total. The Kier molecular flexibility index (Phi) is 5.52. The van der Waals surface area contributed by atoms with Gasteiger partial charge in [0.25, 0.3) is 0 Å². The van der Waals surface area contributed by atoms with Gasteiger partial charge in [-0.1, -0.05) is 25.7 Å². The molecule has 1 aromatic rings. The van der Waals surface area contributed by atoms with Crippen LogP contribution in [-0.2, 0) is 4.74 Å². The second-order valence-electron chi connectivity index (χ2n) is 5.16. The zero-order chi connectivity index (χ0) is 13.5. The summed E-state index contributed by atoms with van der Waals surface area (Å²) in [6.45, 7) is 0.473. The second-order valence-corrected chi connectivity index (χ2v) is 5.16. The molecule has 0 saturated heterocycles. The van der Waals surface area contributed by atoms with Gasteiger partial charge in [0.15, 0.2) is 5.78 Å². The Morgan fingerprint density at radius 3 is 2.37 bits per heavy atom. The number of halogens is 1. The Bertz CT molecular complexity index is 392. The smallest absolute Gasteiger partial charge is 0.165 e. The highest BCUT2D eigenvalue weighted by Gasteiger charge is 2.13. The van der Waals surface area contributed by atoms with Crippen LogP contribution >= 0.6 is 0 Å². The first-order valence-electron chi connectivity index (χ1n) is 7.16. The summed E-state index contributed by atoms with van der Waals surface area (Å²) in [5.74, 6) is -0.292. The molecule has 0 bridgehead atoms. The summed E-state index contributed by atoms with van der Waals surface area (Å²) in [6.07, 6.45) is 8.00. The lowest BCUT2D eigenvalue weighted by Gasteiger charge is -2.14. The monoisotopic (exact) mass is 264 g/mol. The van der Waals surface area contributed by atoms with Crippen LogP contribution in [0.3, 0.4) is 0 Å². The summed E-state index contributed by atoms with van der Waals surface area (Å²) in [4.78, 5) is 11.9. The lowest BCUT2D eigenvalue weighted by atomic mass is 10.1. The van der Waals surface area contributed by atoms with E-state index in [0.29, 0.717) is 24.7 Å². The van der Waals surface area contributed by atoms with Crippen LogP contribution in [-0.4, -0.2) is 18.5 Å². The van der Waals surface area contributed by atoms with Crippen molar-refractivity contribution >= 4 is 5.78 Å². The zero-order valence-electron chi connectivity index (χ0n) is 11.2. The molecule has 1 saturated carbocycles. The molecule has 0 unspecified atom stereocenters. The van der Waals surface area contributed by atoms with Crippen molar-refractivity contribution < 1.29 is 13.9 Å². The van der Waals surface area contributed by atoms with E-state index in [1.165, 1.54) is 49.9 Å². The summed E-state index contributed by atoms with van der Waals surface area (Å²) in [7, 11) is 0. The van der Waals surface area contributed by atoms with E-state index in [-0.39, 0.29) is 11.6 Å². The van der Waals surface area contributed by atoms with E-state index in [9.17, 15) is 9.18 Å². The first kappa shape index (κ1) is 14.2. The van der Waals surface area contributed by atoms with Gasteiger partial charge < -0.3 is 4.74 Å². The molecule has 1 fully saturated rings. The first-order chi connectivity index (χ1) is 9.25. The summed E-state index contributed by atoms with van der Waals surface area (Å²) < 4.78 is 18.5. The molecule has 0 aromatic heterocycles. The number of ketones is 1. The minimum atomic E-state index is -0.314. The average Bonchev–Trinajstić information content (AvgIpc) is 2.68. The third-order valence-corrected chi connectivity index (χ3v) is 3.65. The molecule has 0 atom stereocenters. The molecule has 1 aromatic carbocycles. The molecule has 3 heteroatoms. The molecule has 0 amide bonds. The van der Waals surface area contributed by atoms with E-state index in [4.69, 9.17) is 4.74 Å². The topological polar surface area (TPSA) is 26.3 Å². The molecular formula is C16H21FO2. The molecule has 1 aliphatic rings. The molecule has 0 N–H and O–H groups in total. The number of hydrogen-bond acceptors (Lipinski definition) is 2. The molecule has 2 rings (SSSR count). The van der Waals surface area contributed by atoms with Crippen LogP contribution in [0.4, 0.5) is 4.39 Å². The van der Waals surface area contributed by atoms with Crippen molar-refractivity contribution in [2.45, 2.75) is 51.0 Å². The van der Waals surface area contributed by atoms with E-state index in [1.54, 1.807) is 0 Å². The van der Waals surface area contributed by atoms with Crippen LogP contribution in [0.25, 0.3) is 0 Å². The van der Waals surface area contributed by atoms with Crippen LogP contribution in [0.2, 0.25) is 0 Å². The van der Waals surface area contributed by atoms with Crippen molar-refractivity contribution in [3.05, 3.63) is 35.6 Å². The molecule has 0 aliphatic heterocycles. The number of carbonyl (C=O) groups excluding carboxylic acids is 1. The molecule has 0 radical (unpaired) electrons. The third kappa shape index (κ3) is 4.75. The van der Waals surface area contributed by atoms with Crippen molar-refractivity contribution in [1.82, 2.24) is 0 Å². The molecule has 19 heavy (non-hydrogen) atoms. The van der Waals surface area contributed by atoms with Crippen molar-refractivity contribution in [2.24, 2.45) is 0 Å². The van der Waals surface area contributed by atoms with Crippen LogP contribution in [0.5, 0.6) is 0 Å². The zero-order valence-corrected chi connectivity index (χ0v) is 11.2. The number of Topliss-reactive ketones (excluding diaryl/α,β-unsaturated/α-hetero) is 1. The first-order valence-corrected chi connectivity index (χ1v) is 7.16. The fraction of sp³-hybridized carbons (Fsp3) is 0.562. The summed E-state index contributed by atoms with van der Waals surface area (Å²) >= 11 is 0. The van der Waals surface area contributed by atoms with E-state index in [1.807, 2.05) is 0 Å². The molecular weight excluding hydrogens is 243 g/mol. The highest BCUT2D eigenvalue weighted by atomic mass is 19.1. The predicted molar refractivity (Wildman–Crippen MR) is 72.8 cm³/mol. The Hall–Kier alpha value is -1.22. The van der Waals surface area contributed by atoms with Gasteiger partial charge in [-0.2, -0.15) is 0 Å². The van der Waals surface area contributed by atoms with Crippen molar-refractivity contribution in [3.63, 3.8) is 0 Å². The number of ether oxygens (including phenoxy) is 1. The van der Waals surface area contributed by atoms with E-state index in [2.05, 4.69) is 0 Å². The van der Waals surface area contributed by atoms with Gasteiger partial charge in [0.05, 0.1) is 12.7 Å². The number of hydrogen-bond donors (Lipinski definition) is 0. The van der Waals surface area contributed by atoms with Gasteiger partial charge in [0.2, 0.25) is 0 Å². The normalized spacial score (nSPS) is 17.1. The Morgan fingerprint density at radius 2 is 1.74 bits per heavy atom. The van der Waals surface area contributed by atoms with Crippen LogP contribution < -0.4 is 0 Å². The highest BCUT2D eigenvalue weighted by Crippen LogP contribution is 2.20. The van der Waals surface area contributed by atoms with E-state index >= 15 is 0 Å². The third-order valence-electron chi connectivity index (χ3n) is 3.65. The Balaban J connectivity index is 1.72. The summed E-state index contributed by atoms with van der Waals surface area (Å²) in [6, 6.07) is 5.70. The summed E-state index contributed by atoms with van der Waals surface area (Å²) in [5.41, 5.74) is 0.561. The fourth-order valence-electron chi connectivity index (χ4n) is 2.51. The molecule has 0 heterocycles. The maximum Gasteiger partial charge on any atom is 0.165 e. The molecule has 104 valence electrons. The van der Waals surface area contributed by atoms with Crippen molar-refractivity contribution in [3.8, 4) is 0 Å². The van der Waals surface area contributed by atoms with Crippen LogP contribution in [0, 0.1) is 5.82 Å². The fourth-order valence-corrected chi connectivity index (χ4v) is 2.51. The standard InChI is InChI=1S/C16H21FO2/c17-14-9-7-13(8-10-14)16(18)11-12-19-15-5-3-1-2-4-6-15/h7-10,15H,1-6,11-12H2. The van der Waals surface area contributed by atoms with E-state index in [0.717, 1.165) is 12.8 Å². The summed E-state index contributed by atoms with van der Waals surface area (Å²) in [5, 5.41) is 0. The van der Waals surface area contributed by atoms with Gasteiger partial charge in [-0.3, -0.25) is 4.79 Å². The van der Waals surface area contributed by atoms with Gasteiger partial charge >= 0.3 is 0 Å². The Morgan fingerprint density at radius 1 is 1.11 bits per heavy atom. The predicted octanol–water partition coefficient (Wildman–Crippen LogP) is 4.14. The minimum Gasteiger partial charge on any atom is -0.378 e. The SMILES string of the molecule is O=C(CCOC1CCCCCC1)c1ccc(F)cc1. The maximum atomic E-state index is 12.7. The van der Waals surface area contributed by atoms with Gasteiger partial charge in [-0.15, -0.1) is 0 Å². The minimum absolute atomic E-state index is 0.0219. The van der Waals surface area contributed by atoms with Gasteiger partial charge in [0, 0.05) is 12.0 Å². The van der Waals surface area contributed by atoms with E-state index < -0.39 is 0 Å². The number of benzene rings is 1. The second kappa shape index (κ2) is 7.39. The van der Waals surface area contributed by atoms with Crippen molar-refractivity contribution in [2.75, 3.05) is 6.61 Å². The average molecular weight is 264 g/mol. The Labute approximate surface area is 114 Å². The van der Waals surface area contributed by atoms with Crippen molar-refractivity contribution in [1.29, 1.82) is 0 Å². The van der Waals surface area contributed by atoms with Crippen LogP contribution in [0.15, 0.2) is 24.3 Å². The molecule has 1 aliphatic carbocycles. The lowest BCUT2D eigenvalue weighted by molar-refractivity contribution is 0.0404. The van der Waals surface area contributed by atoms with Gasteiger partial charge in [-0.25, -0.2) is 4.39 Å².